The molecule has 0 radical (unpaired) electrons. The van der Waals surface area contributed by atoms with Crippen molar-refractivity contribution >= 4 is 27.5 Å². The first-order valence-electron chi connectivity index (χ1n) is 5.79. The third kappa shape index (κ3) is 2.84. The van der Waals surface area contributed by atoms with E-state index in [1.165, 1.54) is 11.0 Å². The molecule has 98 valence electrons. The van der Waals surface area contributed by atoms with E-state index in [2.05, 4.69) is 15.9 Å². The van der Waals surface area contributed by atoms with E-state index in [4.69, 9.17) is 0 Å². The van der Waals surface area contributed by atoms with Gasteiger partial charge in [0, 0.05) is 12.7 Å². The van der Waals surface area contributed by atoms with Crippen molar-refractivity contribution in [1.82, 2.24) is 0 Å². The molecule has 0 spiro atoms. The highest BCUT2D eigenvalue weighted by Gasteiger charge is 2.18. The topological polar surface area (TPSA) is 20.3 Å². The van der Waals surface area contributed by atoms with Crippen molar-refractivity contribution in [1.29, 1.82) is 0 Å². The molecule has 0 unspecified atom stereocenters. The first-order valence-corrected chi connectivity index (χ1v) is 6.58. The number of carbonyl (C=O) groups is 1. The van der Waals surface area contributed by atoms with Crippen LogP contribution in [-0.4, -0.2) is 13.0 Å². The van der Waals surface area contributed by atoms with Crippen molar-refractivity contribution in [3.05, 3.63) is 63.9 Å². The molecule has 0 N–H and O–H groups in total. The maximum atomic E-state index is 13.9. The number of anilines is 1. The highest BCUT2D eigenvalue weighted by Crippen LogP contribution is 2.22. The van der Waals surface area contributed by atoms with E-state index in [-0.39, 0.29) is 15.9 Å². The quantitative estimate of drug-likeness (QED) is 0.812. The number of nitrogens with zero attached hydrogens (tertiary/aromatic N) is 1. The Balaban J connectivity index is 2.36. The lowest BCUT2D eigenvalue weighted by Crippen LogP contribution is -2.27. The lowest BCUT2D eigenvalue weighted by molar-refractivity contribution is 0.0989. The van der Waals surface area contributed by atoms with Gasteiger partial charge in [-0.1, -0.05) is 18.2 Å². The first-order chi connectivity index (χ1) is 9.00. The molecule has 0 fully saturated rings. The Hall–Kier alpha value is -1.68. The maximum absolute atomic E-state index is 13.9. The fraction of sp³-hybridized carbons (Fsp3) is 0.133. The summed E-state index contributed by atoms with van der Waals surface area (Å²) in [6.07, 6.45) is 0. The van der Waals surface area contributed by atoms with Crippen LogP contribution in [0.1, 0.15) is 15.9 Å². The third-order valence-corrected chi connectivity index (χ3v) is 3.49. The molecular weight excluding hydrogens is 309 g/mol. The van der Waals surface area contributed by atoms with Gasteiger partial charge in [-0.3, -0.25) is 4.79 Å². The van der Waals surface area contributed by atoms with Crippen molar-refractivity contribution in [3.8, 4) is 0 Å². The Kier molecular flexibility index (Phi) is 4.00. The zero-order valence-electron chi connectivity index (χ0n) is 10.7. The minimum absolute atomic E-state index is 0.0541. The summed E-state index contributed by atoms with van der Waals surface area (Å²) < 4.78 is 14.2. The van der Waals surface area contributed by atoms with Crippen LogP contribution < -0.4 is 4.90 Å². The van der Waals surface area contributed by atoms with Crippen LogP contribution in [0.25, 0.3) is 0 Å². The Morgan fingerprint density at radius 3 is 2.58 bits per heavy atom. The fourth-order valence-electron chi connectivity index (χ4n) is 1.80. The predicted molar refractivity (Wildman–Crippen MR) is 78.0 cm³/mol. The van der Waals surface area contributed by atoms with Gasteiger partial charge in [-0.25, -0.2) is 4.39 Å². The zero-order chi connectivity index (χ0) is 14.0. The summed E-state index contributed by atoms with van der Waals surface area (Å²) in [5.74, 6) is -0.906. The van der Waals surface area contributed by atoms with E-state index >= 15 is 0 Å². The van der Waals surface area contributed by atoms with Crippen LogP contribution in [0, 0.1) is 12.7 Å². The molecule has 0 aliphatic rings. The van der Waals surface area contributed by atoms with E-state index < -0.39 is 5.82 Å². The molecule has 0 atom stereocenters. The Morgan fingerprint density at radius 2 is 1.89 bits per heavy atom. The summed E-state index contributed by atoms with van der Waals surface area (Å²) in [5, 5.41) is 0. The van der Waals surface area contributed by atoms with Gasteiger partial charge in [0.2, 0.25) is 0 Å². The fourth-order valence-corrected chi connectivity index (χ4v) is 2.17. The molecule has 2 nitrogen and oxygen atoms in total. The summed E-state index contributed by atoms with van der Waals surface area (Å²) in [5.41, 5.74) is 1.84. The molecular formula is C15H13BrFNO. The molecule has 4 heteroatoms. The molecule has 19 heavy (non-hydrogen) atoms. The van der Waals surface area contributed by atoms with Crippen LogP contribution in [0.3, 0.4) is 0 Å². The minimum Gasteiger partial charge on any atom is -0.311 e. The van der Waals surface area contributed by atoms with Gasteiger partial charge in [-0.05, 0) is 52.7 Å². The lowest BCUT2D eigenvalue weighted by atomic mass is 10.1. The Bertz CT molecular complexity index is 627. The molecule has 0 bridgehead atoms. The van der Waals surface area contributed by atoms with Crippen molar-refractivity contribution in [2.24, 2.45) is 0 Å². The number of halogens is 2. The SMILES string of the molecule is Cc1cccc(N(C)C(=O)c2cccc(Br)c2F)c1. The highest BCUT2D eigenvalue weighted by atomic mass is 79.9. The molecule has 0 aliphatic carbocycles. The highest BCUT2D eigenvalue weighted by molar-refractivity contribution is 9.10. The minimum atomic E-state index is -0.535. The number of amides is 1. The van der Waals surface area contributed by atoms with Crippen molar-refractivity contribution in [2.45, 2.75) is 6.92 Å². The van der Waals surface area contributed by atoms with E-state index in [1.807, 2.05) is 31.2 Å². The molecule has 2 aromatic rings. The van der Waals surface area contributed by atoms with Crippen molar-refractivity contribution in [3.63, 3.8) is 0 Å². The van der Waals surface area contributed by atoms with E-state index in [0.717, 1.165) is 11.3 Å². The molecule has 0 heterocycles. The average molecular weight is 322 g/mol. The van der Waals surface area contributed by atoms with Gasteiger partial charge >= 0.3 is 0 Å². The number of aryl methyl sites for hydroxylation is 1. The van der Waals surface area contributed by atoms with Gasteiger partial charge in [0.25, 0.3) is 5.91 Å². The third-order valence-electron chi connectivity index (χ3n) is 2.88. The van der Waals surface area contributed by atoms with Crippen LogP contribution in [0.15, 0.2) is 46.9 Å². The van der Waals surface area contributed by atoms with Gasteiger partial charge in [-0.2, -0.15) is 0 Å². The number of rotatable bonds is 2. The van der Waals surface area contributed by atoms with E-state index in [0.29, 0.717) is 0 Å². The largest absolute Gasteiger partial charge is 0.311 e. The van der Waals surface area contributed by atoms with Crippen LogP contribution in [-0.2, 0) is 0 Å². The monoisotopic (exact) mass is 321 g/mol. The summed E-state index contributed by atoms with van der Waals surface area (Å²) in [4.78, 5) is 13.7. The Labute approximate surface area is 120 Å². The summed E-state index contributed by atoms with van der Waals surface area (Å²) >= 11 is 3.09. The zero-order valence-corrected chi connectivity index (χ0v) is 12.2. The second-order valence-corrected chi connectivity index (χ2v) is 5.16. The average Bonchev–Trinajstić information content (AvgIpc) is 2.40. The van der Waals surface area contributed by atoms with Crippen molar-refractivity contribution < 1.29 is 9.18 Å². The number of carbonyl (C=O) groups excluding carboxylic acids is 1. The first kappa shape index (κ1) is 13.7. The smallest absolute Gasteiger partial charge is 0.261 e. The summed E-state index contributed by atoms with van der Waals surface area (Å²) in [6.45, 7) is 1.95. The van der Waals surface area contributed by atoms with Gasteiger partial charge in [0.05, 0.1) is 10.0 Å². The second-order valence-electron chi connectivity index (χ2n) is 4.30. The molecule has 0 saturated heterocycles. The van der Waals surface area contributed by atoms with Gasteiger partial charge < -0.3 is 4.90 Å². The maximum Gasteiger partial charge on any atom is 0.261 e. The Morgan fingerprint density at radius 1 is 1.21 bits per heavy atom. The predicted octanol–water partition coefficient (Wildman–Crippen LogP) is 4.17. The lowest BCUT2D eigenvalue weighted by Gasteiger charge is -2.18. The molecule has 1 amide bonds. The standard InChI is InChI=1S/C15H13BrFNO/c1-10-5-3-6-11(9-10)18(2)15(19)12-7-4-8-13(16)14(12)17/h3-9H,1-2H3. The van der Waals surface area contributed by atoms with Gasteiger partial charge in [0.1, 0.15) is 5.82 Å². The molecule has 0 aromatic heterocycles. The molecule has 2 rings (SSSR count). The summed E-state index contributed by atoms with van der Waals surface area (Å²) in [7, 11) is 1.64. The van der Waals surface area contributed by atoms with Gasteiger partial charge in [0.15, 0.2) is 0 Å². The van der Waals surface area contributed by atoms with E-state index in [1.54, 1.807) is 19.2 Å². The van der Waals surface area contributed by atoms with Crippen LogP contribution in [0.2, 0.25) is 0 Å². The van der Waals surface area contributed by atoms with Gasteiger partial charge in [-0.15, -0.1) is 0 Å². The molecule has 0 aliphatic heterocycles. The number of benzene rings is 2. The summed E-state index contributed by atoms with van der Waals surface area (Å²) in [6, 6.07) is 12.2. The van der Waals surface area contributed by atoms with Crippen LogP contribution >= 0.6 is 15.9 Å². The number of hydrogen-bond acceptors (Lipinski definition) is 1. The van der Waals surface area contributed by atoms with Crippen molar-refractivity contribution in [2.75, 3.05) is 11.9 Å². The normalized spacial score (nSPS) is 10.3. The van der Waals surface area contributed by atoms with Crippen LogP contribution in [0.4, 0.5) is 10.1 Å². The van der Waals surface area contributed by atoms with Crippen LogP contribution in [0.5, 0.6) is 0 Å². The molecule has 2 aromatic carbocycles. The number of hydrogen-bond donors (Lipinski definition) is 0. The molecule has 0 saturated carbocycles. The second kappa shape index (κ2) is 5.53. The van der Waals surface area contributed by atoms with E-state index in [9.17, 15) is 9.18 Å².